The molecule has 4 nitrogen and oxygen atoms in total. The van der Waals surface area contributed by atoms with Crippen molar-refractivity contribution in [1.29, 1.82) is 0 Å². The molecule has 7 heteroatoms. The van der Waals surface area contributed by atoms with Gasteiger partial charge >= 0.3 is 6.18 Å². The van der Waals surface area contributed by atoms with E-state index < -0.39 is 12.7 Å². The molecule has 0 aromatic carbocycles. The molecule has 1 N–H and O–H groups in total. The zero-order chi connectivity index (χ0) is 14.5. The van der Waals surface area contributed by atoms with Crippen LogP contribution in [0.1, 0.15) is 19.8 Å². The van der Waals surface area contributed by atoms with Gasteiger partial charge in [-0.25, -0.2) is 0 Å². The quantitative estimate of drug-likeness (QED) is 0.791. The number of alkyl halides is 3. The van der Waals surface area contributed by atoms with E-state index in [9.17, 15) is 18.0 Å². The van der Waals surface area contributed by atoms with Crippen molar-refractivity contribution in [2.45, 2.75) is 32.0 Å². The van der Waals surface area contributed by atoms with Crippen LogP contribution in [0.3, 0.4) is 0 Å². The van der Waals surface area contributed by atoms with Gasteiger partial charge in [0.05, 0.1) is 13.1 Å². The van der Waals surface area contributed by atoms with Crippen LogP contribution in [0.2, 0.25) is 0 Å². The Morgan fingerprint density at radius 2 is 2.16 bits per heavy atom. The van der Waals surface area contributed by atoms with Gasteiger partial charge in [0.25, 0.3) is 0 Å². The summed E-state index contributed by atoms with van der Waals surface area (Å²) < 4.78 is 35.8. The van der Waals surface area contributed by atoms with Gasteiger partial charge in [0.15, 0.2) is 0 Å². The predicted octanol–water partition coefficient (Wildman–Crippen LogP) is 1.08. The second-order valence-corrected chi connectivity index (χ2v) is 4.92. The molecule has 1 aliphatic rings. The van der Waals surface area contributed by atoms with E-state index in [0.717, 1.165) is 25.9 Å². The Kier molecular flexibility index (Phi) is 6.06. The molecule has 0 aromatic rings. The van der Waals surface area contributed by atoms with Gasteiger partial charge in [-0.05, 0) is 25.9 Å². The van der Waals surface area contributed by atoms with E-state index in [-0.39, 0.29) is 12.5 Å². The number of carbonyl (C=O) groups excluding carboxylic acids is 1. The Bertz CT molecular complexity index is 296. The third-order valence-corrected chi connectivity index (χ3v) is 3.42. The molecule has 1 unspecified atom stereocenters. The lowest BCUT2D eigenvalue weighted by Crippen LogP contribution is -2.44. The first kappa shape index (κ1) is 16.2. The topological polar surface area (TPSA) is 35.6 Å². The van der Waals surface area contributed by atoms with E-state index in [2.05, 4.69) is 17.1 Å². The van der Waals surface area contributed by atoms with Gasteiger partial charge in [-0.15, -0.1) is 0 Å². The molecule has 0 aromatic heterocycles. The lowest BCUT2D eigenvalue weighted by Gasteiger charge is -2.27. The van der Waals surface area contributed by atoms with Crippen molar-refractivity contribution in [2.75, 3.05) is 39.8 Å². The third-order valence-electron chi connectivity index (χ3n) is 3.42. The van der Waals surface area contributed by atoms with Crippen LogP contribution < -0.4 is 5.32 Å². The lowest BCUT2D eigenvalue weighted by atomic mass is 10.2. The summed E-state index contributed by atoms with van der Waals surface area (Å²) in [5, 5.41) is 2.13. The molecule has 112 valence electrons. The Balaban J connectivity index is 2.28. The van der Waals surface area contributed by atoms with Crippen molar-refractivity contribution >= 4 is 5.91 Å². The van der Waals surface area contributed by atoms with Crippen molar-refractivity contribution in [2.24, 2.45) is 0 Å². The molecule has 1 fully saturated rings. The molecule has 1 amide bonds. The summed E-state index contributed by atoms with van der Waals surface area (Å²) in [6.45, 7) is 3.24. The standard InChI is InChI=1S/C12H22F3N3O/c1-3-18-6-4-5-10(18)8-17(2)11(19)7-16-9-12(13,14)15/h10,16H,3-9H2,1-2H3. The molecule has 1 rings (SSSR count). The Morgan fingerprint density at radius 1 is 1.47 bits per heavy atom. The predicted molar refractivity (Wildman–Crippen MR) is 66.8 cm³/mol. The fourth-order valence-corrected chi connectivity index (χ4v) is 2.38. The van der Waals surface area contributed by atoms with Crippen molar-refractivity contribution < 1.29 is 18.0 Å². The summed E-state index contributed by atoms with van der Waals surface area (Å²) in [5.41, 5.74) is 0. The van der Waals surface area contributed by atoms with E-state index in [0.29, 0.717) is 12.6 Å². The van der Waals surface area contributed by atoms with E-state index >= 15 is 0 Å². The van der Waals surface area contributed by atoms with Gasteiger partial charge in [0, 0.05) is 19.6 Å². The first-order valence-corrected chi connectivity index (χ1v) is 6.59. The maximum atomic E-state index is 11.9. The second kappa shape index (κ2) is 7.09. The highest BCUT2D eigenvalue weighted by Gasteiger charge is 2.28. The third kappa shape index (κ3) is 5.78. The summed E-state index contributed by atoms with van der Waals surface area (Å²) in [6.07, 6.45) is -2.11. The van der Waals surface area contributed by atoms with Crippen molar-refractivity contribution in [3.05, 3.63) is 0 Å². The van der Waals surface area contributed by atoms with Crippen molar-refractivity contribution in [3.8, 4) is 0 Å². The highest BCUT2D eigenvalue weighted by atomic mass is 19.4. The van der Waals surface area contributed by atoms with E-state index in [1.165, 1.54) is 4.90 Å². The molecule has 0 aliphatic carbocycles. The summed E-state index contributed by atoms with van der Waals surface area (Å²) >= 11 is 0. The lowest BCUT2D eigenvalue weighted by molar-refractivity contribution is -0.133. The van der Waals surface area contributed by atoms with Crippen LogP contribution >= 0.6 is 0 Å². The van der Waals surface area contributed by atoms with E-state index in [1.807, 2.05) is 0 Å². The first-order valence-electron chi connectivity index (χ1n) is 6.59. The zero-order valence-corrected chi connectivity index (χ0v) is 11.5. The Morgan fingerprint density at radius 3 is 2.74 bits per heavy atom. The molecule has 1 atom stereocenters. The molecule has 0 saturated carbocycles. The highest BCUT2D eigenvalue weighted by molar-refractivity contribution is 5.78. The number of nitrogens with zero attached hydrogens (tertiary/aromatic N) is 2. The highest BCUT2D eigenvalue weighted by Crippen LogP contribution is 2.17. The number of hydrogen-bond donors (Lipinski definition) is 1. The van der Waals surface area contributed by atoms with E-state index in [4.69, 9.17) is 0 Å². The molecule has 0 spiro atoms. The van der Waals surface area contributed by atoms with Crippen LogP contribution in [-0.4, -0.2) is 67.7 Å². The summed E-state index contributed by atoms with van der Waals surface area (Å²) in [7, 11) is 1.64. The molecule has 0 bridgehead atoms. The maximum Gasteiger partial charge on any atom is 0.401 e. The van der Waals surface area contributed by atoms with Crippen LogP contribution in [0.5, 0.6) is 0 Å². The monoisotopic (exact) mass is 281 g/mol. The van der Waals surface area contributed by atoms with Gasteiger partial charge in [-0.3, -0.25) is 9.69 Å². The molecule has 19 heavy (non-hydrogen) atoms. The van der Waals surface area contributed by atoms with Gasteiger partial charge in [0.2, 0.25) is 5.91 Å². The summed E-state index contributed by atoms with van der Waals surface area (Å²) in [6, 6.07) is 0.335. The summed E-state index contributed by atoms with van der Waals surface area (Å²) in [4.78, 5) is 15.5. The van der Waals surface area contributed by atoms with Crippen molar-refractivity contribution in [1.82, 2.24) is 15.1 Å². The molecular weight excluding hydrogens is 259 g/mol. The molecule has 0 radical (unpaired) electrons. The number of likely N-dealkylation sites (N-methyl/N-ethyl adjacent to an activating group) is 2. The number of nitrogens with one attached hydrogen (secondary N) is 1. The van der Waals surface area contributed by atoms with Crippen LogP contribution in [0.4, 0.5) is 13.2 Å². The van der Waals surface area contributed by atoms with Crippen LogP contribution in [0.25, 0.3) is 0 Å². The van der Waals surface area contributed by atoms with Crippen LogP contribution in [0, 0.1) is 0 Å². The fourth-order valence-electron chi connectivity index (χ4n) is 2.38. The second-order valence-electron chi connectivity index (χ2n) is 4.92. The normalized spacial score (nSPS) is 20.8. The maximum absolute atomic E-state index is 11.9. The van der Waals surface area contributed by atoms with Gasteiger partial charge in [-0.1, -0.05) is 6.92 Å². The minimum absolute atomic E-state index is 0.269. The smallest absolute Gasteiger partial charge is 0.343 e. The average molecular weight is 281 g/mol. The number of likely N-dealkylation sites (tertiary alicyclic amines) is 1. The number of carbonyl (C=O) groups is 1. The minimum Gasteiger partial charge on any atom is -0.343 e. The Hall–Kier alpha value is -0.820. The largest absolute Gasteiger partial charge is 0.401 e. The molecule has 1 saturated heterocycles. The van der Waals surface area contributed by atoms with E-state index in [1.54, 1.807) is 7.05 Å². The molecule has 1 heterocycles. The fraction of sp³-hybridized carbons (Fsp3) is 0.917. The van der Waals surface area contributed by atoms with Gasteiger partial charge in [-0.2, -0.15) is 13.2 Å². The van der Waals surface area contributed by atoms with Gasteiger partial charge in [0.1, 0.15) is 0 Å². The van der Waals surface area contributed by atoms with Gasteiger partial charge < -0.3 is 10.2 Å². The SMILES string of the molecule is CCN1CCCC1CN(C)C(=O)CNCC(F)(F)F. The minimum atomic E-state index is -4.27. The molecule has 1 aliphatic heterocycles. The summed E-state index contributed by atoms with van der Waals surface area (Å²) in [5.74, 6) is -0.299. The number of amides is 1. The zero-order valence-electron chi connectivity index (χ0n) is 11.5. The van der Waals surface area contributed by atoms with Crippen LogP contribution in [0.15, 0.2) is 0 Å². The van der Waals surface area contributed by atoms with Crippen LogP contribution in [-0.2, 0) is 4.79 Å². The number of halogens is 3. The average Bonchev–Trinajstić information content (AvgIpc) is 2.74. The molecular formula is C12H22F3N3O. The van der Waals surface area contributed by atoms with Crippen molar-refractivity contribution in [3.63, 3.8) is 0 Å². The Labute approximate surface area is 111 Å². The first-order chi connectivity index (χ1) is 8.83. The number of hydrogen-bond acceptors (Lipinski definition) is 3. The number of rotatable bonds is 6.